The zero-order chi connectivity index (χ0) is 13.7. The van der Waals surface area contributed by atoms with Gasteiger partial charge in [-0.2, -0.15) is 4.80 Å². The molecular weight excluding hydrogens is 262 g/mol. The minimum atomic E-state index is 0.635. The largest absolute Gasteiger partial charge is 0.302 e. The van der Waals surface area contributed by atoms with Gasteiger partial charge in [-0.1, -0.05) is 25.4 Å². The molecule has 2 rings (SSSR count). The molecule has 0 amide bonds. The molecular formula is C13H18ClN5. The van der Waals surface area contributed by atoms with Gasteiger partial charge in [0.2, 0.25) is 5.82 Å². The van der Waals surface area contributed by atoms with Crippen molar-refractivity contribution in [3.05, 3.63) is 29.3 Å². The molecule has 1 aromatic carbocycles. The molecule has 0 saturated carbocycles. The van der Waals surface area contributed by atoms with E-state index in [9.17, 15) is 0 Å². The first-order valence-corrected chi connectivity index (χ1v) is 6.86. The number of halogens is 1. The first kappa shape index (κ1) is 14.0. The van der Waals surface area contributed by atoms with Crippen LogP contribution in [0.2, 0.25) is 5.02 Å². The number of hydrogen-bond donors (Lipinski definition) is 0. The molecule has 0 N–H and O–H groups in total. The molecule has 6 heteroatoms. The Morgan fingerprint density at radius 3 is 2.47 bits per heavy atom. The van der Waals surface area contributed by atoms with Crippen molar-refractivity contribution in [2.45, 2.75) is 20.4 Å². The molecule has 0 spiro atoms. The fraction of sp³-hybridized carbons (Fsp3) is 0.462. The Morgan fingerprint density at radius 1 is 1.16 bits per heavy atom. The second-order valence-electron chi connectivity index (χ2n) is 4.24. The zero-order valence-electron chi connectivity index (χ0n) is 11.3. The Bertz CT molecular complexity index is 504. The van der Waals surface area contributed by atoms with Gasteiger partial charge in [-0.15, -0.1) is 10.2 Å². The number of benzene rings is 1. The molecule has 102 valence electrons. The van der Waals surface area contributed by atoms with Crippen LogP contribution in [-0.2, 0) is 6.54 Å². The van der Waals surface area contributed by atoms with Gasteiger partial charge < -0.3 is 4.90 Å². The Balaban J connectivity index is 2.01. The van der Waals surface area contributed by atoms with Crippen LogP contribution in [0.5, 0.6) is 0 Å². The van der Waals surface area contributed by atoms with E-state index in [4.69, 9.17) is 11.6 Å². The van der Waals surface area contributed by atoms with E-state index in [2.05, 4.69) is 34.2 Å². The third-order valence-corrected chi connectivity index (χ3v) is 3.32. The highest BCUT2D eigenvalue weighted by molar-refractivity contribution is 6.30. The van der Waals surface area contributed by atoms with Crippen LogP contribution in [0, 0.1) is 0 Å². The molecule has 0 fully saturated rings. The van der Waals surface area contributed by atoms with Crippen LogP contribution in [0.15, 0.2) is 24.3 Å². The summed E-state index contributed by atoms with van der Waals surface area (Å²) >= 11 is 5.85. The summed E-state index contributed by atoms with van der Waals surface area (Å²) in [6.45, 7) is 8.06. The van der Waals surface area contributed by atoms with Crippen LogP contribution >= 0.6 is 11.6 Å². The van der Waals surface area contributed by atoms with Crippen LogP contribution in [0.4, 0.5) is 0 Å². The number of rotatable bonds is 6. The van der Waals surface area contributed by atoms with Crippen molar-refractivity contribution in [3.8, 4) is 11.4 Å². The SMILES string of the molecule is CCN(CC)CCn1nnc(-c2ccc(Cl)cc2)n1. The summed E-state index contributed by atoms with van der Waals surface area (Å²) in [5.41, 5.74) is 0.929. The van der Waals surface area contributed by atoms with Gasteiger partial charge in [-0.05, 0) is 42.6 Å². The van der Waals surface area contributed by atoms with Crippen LogP contribution in [0.1, 0.15) is 13.8 Å². The average Bonchev–Trinajstić information content (AvgIpc) is 2.89. The Labute approximate surface area is 118 Å². The fourth-order valence-corrected chi connectivity index (χ4v) is 1.95. The van der Waals surface area contributed by atoms with Gasteiger partial charge in [-0.25, -0.2) is 0 Å². The van der Waals surface area contributed by atoms with E-state index >= 15 is 0 Å². The van der Waals surface area contributed by atoms with E-state index in [-0.39, 0.29) is 0 Å². The van der Waals surface area contributed by atoms with Crippen molar-refractivity contribution in [1.82, 2.24) is 25.1 Å². The van der Waals surface area contributed by atoms with Crippen molar-refractivity contribution < 1.29 is 0 Å². The molecule has 0 aliphatic carbocycles. The second-order valence-corrected chi connectivity index (χ2v) is 4.68. The summed E-state index contributed by atoms with van der Waals surface area (Å²) in [5.74, 6) is 0.635. The molecule has 0 unspecified atom stereocenters. The van der Waals surface area contributed by atoms with Crippen molar-refractivity contribution >= 4 is 11.6 Å². The lowest BCUT2D eigenvalue weighted by Crippen LogP contribution is -2.27. The minimum Gasteiger partial charge on any atom is -0.302 e. The second kappa shape index (κ2) is 6.63. The third-order valence-electron chi connectivity index (χ3n) is 3.07. The summed E-state index contributed by atoms with van der Waals surface area (Å²) in [5, 5.41) is 13.2. The smallest absolute Gasteiger partial charge is 0.204 e. The van der Waals surface area contributed by atoms with Gasteiger partial charge in [0.25, 0.3) is 0 Å². The summed E-state index contributed by atoms with van der Waals surface area (Å²) in [4.78, 5) is 3.97. The summed E-state index contributed by atoms with van der Waals surface area (Å²) in [6, 6.07) is 7.45. The zero-order valence-corrected chi connectivity index (χ0v) is 12.0. The predicted molar refractivity (Wildman–Crippen MR) is 76.1 cm³/mol. The van der Waals surface area contributed by atoms with E-state index in [0.29, 0.717) is 10.8 Å². The lowest BCUT2D eigenvalue weighted by molar-refractivity contribution is 0.277. The van der Waals surface area contributed by atoms with E-state index in [1.54, 1.807) is 4.80 Å². The molecule has 1 aromatic heterocycles. The molecule has 19 heavy (non-hydrogen) atoms. The maximum atomic E-state index is 5.85. The quantitative estimate of drug-likeness (QED) is 0.814. The van der Waals surface area contributed by atoms with Crippen LogP contribution in [-0.4, -0.2) is 44.7 Å². The van der Waals surface area contributed by atoms with Gasteiger partial charge in [0.1, 0.15) is 0 Å². The highest BCUT2D eigenvalue weighted by atomic mass is 35.5. The van der Waals surface area contributed by atoms with Crippen molar-refractivity contribution in [3.63, 3.8) is 0 Å². The molecule has 0 radical (unpaired) electrons. The number of hydrogen-bond acceptors (Lipinski definition) is 4. The van der Waals surface area contributed by atoms with Crippen LogP contribution < -0.4 is 0 Å². The summed E-state index contributed by atoms with van der Waals surface area (Å²) in [7, 11) is 0. The number of nitrogens with zero attached hydrogens (tertiary/aromatic N) is 5. The fourth-order valence-electron chi connectivity index (χ4n) is 1.82. The Hall–Kier alpha value is -1.46. The highest BCUT2D eigenvalue weighted by Crippen LogP contribution is 2.16. The first-order valence-electron chi connectivity index (χ1n) is 6.49. The molecule has 0 aliphatic heterocycles. The predicted octanol–water partition coefficient (Wildman–Crippen LogP) is 2.34. The van der Waals surface area contributed by atoms with Gasteiger partial charge in [-0.3, -0.25) is 0 Å². The van der Waals surface area contributed by atoms with E-state index in [0.717, 1.165) is 31.7 Å². The monoisotopic (exact) mass is 279 g/mol. The Kier molecular flexibility index (Phi) is 4.87. The van der Waals surface area contributed by atoms with Crippen LogP contribution in [0.25, 0.3) is 11.4 Å². The van der Waals surface area contributed by atoms with Gasteiger partial charge in [0.05, 0.1) is 6.54 Å². The summed E-state index contributed by atoms with van der Waals surface area (Å²) < 4.78 is 0. The maximum absolute atomic E-state index is 5.85. The number of tetrazole rings is 1. The first-order chi connectivity index (χ1) is 9.22. The highest BCUT2D eigenvalue weighted by Gasteiger charge is 2.06. The van der Waals surface area contributed by atoms with Crippen LogP contribution in [0.3, 0.4) is 0 Å². The lowest BCUT2D eigenvalue weighted by atomic mass is 10.2. The standard InChI is InChI=1S/C13H18ClN5/c1-3-18(4-2)9-10-19-16-13(15-17-19)11-5-7-12(14)8-6-11/h5-8H,3-4,9-10H2,1-2H3. The number of likely N-dealkylation sites (N-methyl/N-ethyl adjacent to an activating group) is 1. The lowest BCUT2D eigenvalue weighted by Gasteiger charge is -2.16. The van der Waals surface area contributed by atoms with Crippen molar-refractivity contribution in [2.24, 2.45) is 0 Å². The summed E-state index contributed by atoms with van der Waals surface area (Å²) in [6.07, 6.45) is 0. The van der Waals surface area contributed by atoms with E-state index in [1.165, 1.54) is 0 Å². The van der Waals surface area contributed by atoms with E-state index < -0.39 is 0 Å². The molecule has 5 nitrogen and oxygen atoms in total. The molecule has 2 aromatic rings. The normalized spacial score (nSPS) is 11.2. The molecule has 0 bridgehead atoms. The molecule has 0 aliphatic rings. The third kappa shape index (κ3) is 3.75. The minimum absolute atomic E-state index is 0.635. The topological polar surface area (TPSA) is 46.8 Å². The average molecular weight is 280 g/mol. The van der Waals surface area contributed by atoms with Gasteiger partial charge in [0, 0.05) is 17.1 Å². The molecule has 0 saturated heterocycles. The van der Waals surface area contributed by atoms with E-state index in [1.807, 2.05) is 24.3 Å². The molecule has 0 atom stereocenters. The van der Waals surface area contributed by atoms with Crippen molar-refractivity contribution in [2.75, 3.05) is 19.6 Å². The number of aromatic nitrogens is 4. The van der Waals surface area contributed by atoms with Gasteiger partial charge >= 0.3 is 0 Å². The Morgan fingerprint density at radius 2 is 1.84 bits per heavy atom. The van der Waals surface area contributed by atoms with Gasteiger partial charge in [0.15, 0.2) is 0 Å². The maximum Gasteiger partial charge on any atom is 0.204 e. The van der Waals surface area contributed by atoms with Crippen molar-refractivity contribution in [1.29, 1.82) is 0 Å². The molecule has 1 heterocycles.